The maximum absolute atomic E-state index is 11.8. The van der Waals surface area contributed by atoms with Crippen LogP contribution in [0, 0.1) is 11.8 Å². The van der Waals surface area contributed by atoms with Gasteiger partial charge in [-0.1, -0.05) is 42.9 Å². The van der Waals surface area contributed by atoms with Crippen LogP contribution in [0.3, 0.4) is 0 Å². The van der Waals surface area contributed by atoms with Crippen molar-refractivity contribution < 1.29 is 14.7 Å². The fourth-order valence-corrected chi connectivity index (χ4v) is 2.42. The van der Waals surface area contributed by atoms with Crippen molar-refractivity contribution in [2.24, 2.45) is 0 Å². The standard InChI is InChI=1S/C16H18N2O3/c19-14(20)16(10-4-5-11-16)18-15(21)17-12-6-9-13-7-2-1-3-8-13/h1-3,7-8H,4-5,10-12H2,(H,19,20)(H2,17,18,21). The molecular weight excluding hydrogens is 268 g/mol. The first-order chi connectivity index (χ1) is 10.1. The van der Waals surface area contributed by atoms with Crippen LogP contribution in [-0.4, -0.2) is 29.2 Å². The highest BCUT2D eigenvalue weighted by molar-refractivity contribution is 5.86. The number of carbonyl (C=O) groups excluding carboxylic acids is 1. The zero-order valence-electron chi connectivity index (χ0n) is 11.7. The number of hydrogen-bond donors (Lipinski definition) is 3. The monoisotopic (exact) mass is 286 g/mol. The molecule has 0 unspecified atom stereocenters. The van der Waals surface area contributed by atoms with E-state index in [0.29, 0.717) is 12.8 Å². The van der Waals surface area contributed by atoms with Crippen LogP contribution in [0.15, 0.2) is 30.3 Å². The molecule has 0 heterocycles. The summed E-state index contributed by atoms with van der Waals surface area (Å²) in [5, 5.41) is 14.4. The zero-order valence-corrected chi connectivity index (χ0v) is 11.7. The molecule has 1 aliphatic rings. The number of urea groups is 1. The van der Waals surface area contributed by atoms with Gasteiger partial charge in [-0.15, -0.1) is 0 Å². The largest absolute Gasteiger partial charge is 0.480 e. The molecule has 0 atom stereocenters. The molecule has 5 heteroatoms. The highest BCUT2D eigenvalue weighted by Gasteiger charge is 2.42. The Morgan fingerprint density at radius 2 is 1.86 bits per heavy atom. The van der Waals surface area contributed by atoms with Crippen molar-refractivity contribution in [1.82, 2.24) is 10.6 Å². The van der Waals surface area contributed by atoms with Gasteiger partial charge in [-0.05, 0) is 25.0 Å². The Bertz CT molecular complexity index is 566. The maximum Gasteiger partial charge on any atom is 0.329 e. The molecule has 21 heavy (non-hydrogen) atoms. The molecule has 2 rings (SSSR count). The lowest BCUT2D eigenvalue weighted by Crippen LogP contribution is -2.55. The van der Waals surface area contributed by atoms with Gasteiger partial charge in [0.05, 0.1) is 6.54 Å². The van der Waals surface area contributed by atoms with Crippen LogP contribution in [0.1, 0.15) is 31.2 Å². The molecular formula is C16H18N2O3. The molecule has 0 aromatic heterocycles. The Balaban J connectivity index is 1.83. The topological polar surface area (TPSA) is 78.4 Å². The molecule has 0 spiro atoms. The molecule has 1 fully saturated rings. The van der Waals surface area contributed by atoms with E-state index in [9.17, 15) is 14.7 Å². The van der Waals surface area contributed by atoms with Gasteiger partial charge in [0.2, 0.25) is 0 Å². The summed E-state index contributed by atoms with van der Waals surface area (Å²) in [5.41, 5.74) is -0.241. The number of hydrogen-bond acceptors (Lipinski definition) is 2. The number of aliphatic carboxylic acids is 1. The molecule has 2 amide bonds. The molecule has 3 N–H and O–H groups in total. The van der Waals surface area contributed by atoms with E-state index in [0.717, 1.165) is 18.4 Å². The van der Waals surface area contributed by atoms with Crippen LogP contribution < -0.4 is 10.6 Å². The number of benzene rings is 1. The van der Waals surface area contributed by atoms with Crippen molar-refractivity contribution in [2.45, 2.75) is 31.2 Å². The number of carbonyl (C=O) groups is 2. The molecule has 1 aromatic rings. The van der Waals surface area contributed by atoms with Crippen LogP contribution in [0.4, 0.5) is 4.79 Å². The molecule has 0 bridgehead atoms. The highest BCUT2D eigenvalue weighted by atomic mass is 16.4. The average Bonchev–Trinajstić information content (AvgIpc) is 2.94. The van der Waals surface area contributed by atoms with E-state index in [4.69, 9.17) is 0 Å². The average molecular weight is 286 g/mol. The van der Waals surface area contributed by atoms with Gasteiger partial charge >= 0.3 is 12.0 Å². The maximum atomic E-state index is 11.8. The molecule has 5 nitrogen and oxygen atoms in total. The number of carboxylic acid groups (broad SMARTS) is 1. The van der Waals surface area contributed by atoms with E-state index in [2.05, 4.69) is 22.5 Å². The summed E-state index contributed by atoms with van der Waals surface area (Å²) >= 11 is 0. The van der Waals surface area contributed by atoms with Crippen LogP contribution in [-0.2, 0) is 4.79 Å². The summed E-state index contributed by atoms with van der Waals surface area (Å²) in [4.78, 5) is 23.1. The summed E-state index contributed by atoms with van der Waals surface area (Å²) in [6, 6.07) is 8.96. The number of amides is 2. The lowest BCUT2D eigenvalue weighted by Gasteiger charge is -2.25. The van der Waals surface area contributed by atoms with Gasteiger partial charge in [0.15, 0.2) is 0 Å². The molecule has 110 valence electrons. The van der Waals surface area contributed by atoms with Crippen molar-refractivity contribution in [3.8, 4) is 11.8 Å². The van der Waals surface area contributed by atoms with Crippen LogP contribution in [0.5, 0.6) is 0 Å². The smallest absolute Gasteiger partial charge is 0.329 e. The summed E-state index contributed by atoms with van der Waals surface area (Å²) in [6.07, 6.45) is 2.59. The van der Waals surface area contributed by atoms with E-state index >= 15 is 0 Å². The van der Waals surface area contributed by atoms with Crippen LogP contribution in [0.2, 0.25) is 0 Å². The Morgan fingerprint density at radius 3 is 2.48 bits per heavy atom. The predicted octanol–water partition coefficient (Wildman–Crippen LogP) is 1.73. The Kier molecular flexibility index (Phi) is 4.83. The second kappa shape index (κ2) is 6.80. The molecule has 0 aliphatic heterocycles. The van der Waals surface area contributed by atoms with Crippen LogP contribution >= 0.6 is 0 Å². The Labute approximate surface area is 123 Å². The van der Waals surface area contributed by atoms with Crippen molar-refractivity contribution in [2.75, 3.05) is 6.54 Å². The Hall–Kier alpha value is -2.48. The lowest BCUT2D eigenvalue weighted by atomic mass is 9.98. The van der Waals surface area contributed by atoms with Gasteiger partial charge in [0.25, 0.3) is 0 Å². The van der Waals surface area contributed by atoms with E-state index in [1.165, 1.54) is 0 Å². The molecule has 1 saturated carbocycles. The summed E-state index contributed by atoms with van der Waals surface area (Å²) in [6.45, 7) is 0.177. The quantitative estimate of drug-likeness (QED) is 0.741. The first kappa shape index (κ1) is 14.9. The summed E-state index contributed by atoms with van der Waals surface area (Å²) in [7, 11) is 0. The van der Waals surface area contributed by atoms with E-state index in [1.807, 2.05) is 30.3 Å². The fourth-order valence-electron chi connectivity index (χ4n) is 2.42. The lowest BCUT2D eigenvalue weighted by molar-refractivity contribution is -0.144. The number of nitrogens with one attached hydrogen (secondary N) is 2. The normalized spacial score (nSPS) is 15.6. The minimum absolute atomic E-state index is 0.177. The molecule has 1 aromatic carbocycles. The van der Waals surface area contributed by atoms with E-state index < -0.39 is 17.5 Å². The Morgan fingerprint density at radius 1 is 1.19 bits per heavy atom. The third-order valence-corrected chi connectivity index (χ3v) is 3.56. The molecule has 1 aliphatic carbocycles. The van der Waals surface area contributed by atoms with Gasteiger partial charge in [-0.25, -0.2) is 9.59 Å². The summed E-state index contributed by atoms with van der Waals surface area (Å²) in [5.74, 6) is 4.78. The second-order valence-electron chi connectivity index (χ2n) is 5.07. The molecule has 0 saturated heterocycles. The van der Waals surface area contributed by atoms with E-state index in [1.54, 1.807) is 0 Å². The van der Waals surface area contributed by atoms with Crippen molar-refractivity contribution in [1.29, 1.82) is 0 Å². The van der Waals surface area contributed by atoms with Gasteiger partial charge in [-0.2, -0.15) is 0 Å². The van der Waals surface area contributed by atoms with Crippen molar-refractivity contribution in [3.63, 3.8) is 0 Å². The van der Waals surface area contributed by atoms with Gasteiger partial charge in [0.1, 0.15) is 5.54 Å². The van der Waals surface area contributed by atoms with Gasteiger partial charge < -0.3 is 15.7 Å². The minimum atomic E-state index is -1.11. The highest BCUT2D eigenvalue weighted by Crippen LogP contribution is 2.29. The zero-order chi connectivity index (χ0) is 15.1. The second-order valence-corrected chi connectivity index (χ2v) is 5.07. The SMILES string of the molecule is O=C(NCC#Cc1ccccc1)NC1(C(=O)O)CCCC1. The fraction of sp³-hybridized carbons (Fsp3) is 0.375. The van der Waals surface area contributed by atoms with Gasteiger partial charge in [-0.3, -0.25) is 0 Å². The number of carboxylic acids is 1. The third kappa shape index (κ3) is 3.99. The third-order valence-electron chi connectivity index (χ3n) is 3.56. The van der Waals surface area contributed by atoms with Crippen LogP contribution in [0.25, 0.3) is 0 Å². The van der Waals surface area contributed by atoms with Gasteiger partial charge in [0, 0.05) is 5.56 Å². The first-order valence-corrected chi connectivity index (χ1v) is 6.96. The number of rotatable bonds is 3. The summed E-state index contributed by atoms with van der Waals surface area (Å²) < 4.78 is 0. The minimum Gasteiger partial charge on any atom is -0.480 e. The van der Waals surface area contributed by atoms with E-state index in [-0.39, 0.29) is 6.54 Å². The van der Waals surface area contributed by atoms with Crippen molar-refractivity contribution in [3.05, 3.63) is 35.9 Å². The predicted molar refractivity (Wildman–Crippen MR) is 78.7 cm³/mol. The van der Waals surface area contributed by atoms with Crippen molar-refractivity contribution >= 4 is 12.0 Å². The molecule has 0 radical (unpaired) electrons. The first-order valence-electron chi connectivity index (χ1n) is 6.96.